The monoisotopic (exact) mass is 1670 g/mol. The van der Waals surface area contributed by atoms with Gasteiger partial charge in [-0.25, -0.2) is 39.9 Å². The summed E-state index contributed by atoms with van der Waals surface area (Å²) in [5, 5.41) is 6.17. The summed E-state index contributed by atoms with van der Waals surface area (Å²) in [5.74, 6) is 5.08. The average Bonchev–Trinajstić information content (AvgIpc) is 1.56. The Morgan fingerprint density at radius 3 is 1.07 bits per heavy atom. The highest BCUT2D eigenvalue weighted by Crippen LogP contribution is 2.32. The third-order valence-electron chi connectivity index (χ3n) is 18.3. The first-order valence-electron chi connectivity index (χ1n) is 41.4. The predicted molar refractivity (Wildman–Crippen MR) is 529 cm³/mol. The van der Waals surface area contributed by atoms with Gasteiger partial charge in [-0.1, -0.05) is 293 Å². The van der Waals surface area contributed by atoms with E-state index in [1.165, 1.54) is 39.1 Å². The fourth-order valence-corrected chi connectivity index (χ4v) is 10.4. The van der Waals surface area contributed by atoms with Gasteiger partial charge >= 0.3 is 0 Å². The molecule has 1 aliphatic carbocycles. The van der Waals surface area contributed by atoms with Gasteiger partial charge in [0.2, 0.25) is 5.95 Å². The second-order valence-corrected chi connectivity index (χ2v) is 39.8. The number of nitrogens with one attached hydrogen (secondary N) is 2. The van der Waals surface area contributed by atoms with Crippen molar-refractivity contribution in [3.05, 3.63) is 261 Å². The van der Waals surface area contributed by atoms with Gasteiger partial charge in [-0.2, -0.15) is 0 Å². The van der Waals surface area contributed by atoms with Crippen LogP contribution in [0.2, 0.25) is 0 Å². The lowest BCUT2D eigenvalue weighted by Gasteiger charge is -2.20. The van der Waals surface area contributed by atoms with Gasteiger partial charge in [0.05, 0.1) is 25.6 Å². The van der Waals surface area contributed by atoms with Crippen molar-refractivity contribution in [2.24, 2.45) is 0 Å². The Balaban J connectivity index is -0.00000129. The highest BCUT2D eigenvalue weighted by atomic mass is 16.5. The molecule has 0 spiro atoms. The third kappa shape index (κ3) is 44.8. The molecule has 122 heavy (non-hydrogen) atoms. The number of pyridine rings is 6. The van der Waals surface area contributed by atoms with Gasteiger partial charge in [0.15, 0.2) is 23.1 Å². The molecule has 9 heterocycles. The molecule has 1 aromatic carbocycles. The maximum atomic E-state index is 5.61. The number of nitrogen functional groups attached to an aromatic ring is 1. The van der Waals surface area contributed by atoms with E-state index >= 15 is 0 Å². The molecule has 0 saturated heterocycles. The smallest absolute Gasteiger partial charge is 0.222 e. The molecule has 0 unspecified atom stereocenters. The number of hydrogen-bond donors (Lipinski definition) is 3. The number of aromatic nitrogens is 12. The Morgan fingerprint density at radius 2 is 0.730 bits per heavy atom. The number of aryl methyl sites for hydroxylation is 4. The van der Waals surface area contributed by atoms with Gasteiger partial charge in [-0.3, -0.25) is 19.9 Å². The molecule has 676 valence electrons. The number of rotatable bonds is 6. The molecule has 0 aliphatic heterocycles. The molecule has 1 aliphatic rings. The summed E-state index contributed by atoms with van der Waals surface area (Å²) in [5.41, 5.74) is 24.2. The number of fused-ring (bicyclic) bond motifs is 1. The second-order valence-electron chi connectivity index (χ2n) is 39.8. The first kappa shape index (κ1) is 116. The standard InChI is InChI=1S/C12H15N.C11H19N3.C11H18N2O.C10H16N2O.2C10H15N.C10H14.2C9H14N2.C9H13N.4CH4/c1-12(2,3)10-7-9-5-4-6-11(9)13-8-10;1-5-7-12-10-13-8-6-9(14-10)11(2,3)4;1-11(2,3)8-6-9(14-5)10(12-4)13-7-8;1-10(2,3)7-5-8(13-4)9(11)12-6-7;2*1-8-7-9(5-6-11-8)10(2,3)4;1-10(2,3)9-7-5-4-6-8-9;2*1-7-10-6-5-8(11-7)9(2,3)4;1-9(2,3)8-6-4-5-7-10-8;;;;/h4-5,7-8H,6H2,1-3H3;6,8H,5,7H2,1-4H3,(H,12,13,14);6-7H,1-5H3,(H,12,13);5-6H,1-4H3,(H2,11,12);2*5-7H,1-4H3;4-8H,1-3H3;2*5-6H,1-4H3;4-7H,1-3H3;4*1H4. The zero-order chi connectivity index (χ0) is 90.1. The Morgan fingerprint density at radius 1 is 0.352 bits per heavy atom. The van der Waals surface area contributed by atoms with Crippen molar-refractivity contribution in [3.63, 3.8) is 0 Å². The van der Waals surface area contributed by atoms with Crippen molar-refractivity contribution in [2.45, 2.75) is 339 Å². The van der Waals surface area contributed by atoms with Gasteiger partial charge in [0, 0.05) is 126 Å². The minimum atomic E-state index is 0. The lowest BCUT2D eigenvalue weighted by Crippen LogP contribution is -2.15. The van der Waals surface area contributed by atoms with E-state index < -0.39 is 0 Å². The second kappa shape index (κ2) is 51.9. The molecule has 10 aromatic rings. The lowest BCUT2D eigenvalue weighted by molar-refractivity contribution is 0.412. The molecule has 17 heteroatoms. The van der Waals surface area contributed by atoms with Crippen LogP contribution in [0.5, 0.6) is 11.5 Å². The molecule has 4 N–H and O–H groups in total. The summed E-state index contributed by atoms with van der Waals surface area (Å²) in [6.07, 6.45) is 23.1. The van der Waals surface area contributed by atoms with Gasteiger partial charge in [-0.15, -0.1) is 0 Å². The van der Waals surface area contributed by atoms with Crippen LogP contribution in [0, 0.1) is 27.7 Å². The van der Waals surface area contributed by atoms with Gasteiger partial charge < -0.3 is 25.8 Å². The minimum Gasteiger partial charge on any atom is -0.493 e. The largest absolute Gasteiger partial charge is 0.493 e. The van der Waals surface area contributed by atoms with Crippen molar-refractivity contribution in [1.82, 2.24) is 59.8 Å². The SMILES string of the molecule is C.C.C.C.CC(C)(C)c1ccccc1.CC(C)(C)c1ccccn1.CC(C)(C)c1cnc2c(c1)C=CC2.CCCNc1nccc(C(C)(C)C)n1.CNc1ncc(C(C)(C)C)cc1OC.COc1cc(C(C)(C)C)cnc1N.Cc1cc(C(C)(C)C)ccn1.Cc1cc(C(C)(C)C)ccn1.Cc1nccc(C(C)(C)C)n1.Cc1nccc(C(C)(C)C)n1. The zero-order valence-corrected chi connectivity index (χ0v) is 80.1. The van der Waals surface area contributed by atoms with E-state index in [1.807, 2.05) is 127 Å². The number of anilines is 3. The summed E-state index contributed by atoms with van der Waals surface area (Å²) in [6, 6.07) is 37.1. The quantitative estimate of drug-likeness (QED) is 0.141. The van der Waals surface area contributed by atoms with Crippen LogP contribution in [0.1, 0.15) is 341 Å². The van der Waals surface area contributed by atoms with Crippen molar-refractivity contribution in [3.8, 4) is 11.5 Å². The normalized spacial score (nSPS) is 11.5. The van der Waals surface area contributed by atoms with E-state index in [0.29, 0.717) is 17.0 Å². The number of allylic oxidation sites excluding steroid dienone is 1. The van der Waals surface area contributed by atoms with Crippen LogP contribution >= 0.6 is 0 Å². The van der Waals surface area contributed by atoms with Crippen LogP contribution in [-0.2, 0) is 60.6 Å². The van der Waals surface area contributed by atoms with Crippen LogP contribution in [0.15, 0.2) is 171 Å². The molecule has 0 bridgehead atoms. The number of hydrogen-bond acceptors (Lipinski definition) is 17. The fraction of sp³-hybridized carbons (Fsp3) is 0.524. The summed E-state index contributed by atoms with van der Waals surface area (Å²) in [6.45, 7) is 76.2. The van der Waals surface area contributed by atoms with Crippen LogP contribution < -0.4 is 25.8 Å². The molecule has 0 fully saturated rings. The fourth-order valence-electron chi connectivity index (χ4n) is 10.4. The number of nitrogens with zero attached hydrogens (tertiary/aromatic N) is 12. The maximum absolute atomic E-state index is 5.61. The van der Waals surface area contributed by atoms with Gasteiger partial charge in [-0.05, 0) is 178 Å². The van der Waals surface area contributed by atoms with E-state index in [1.54, 1.807) is 20.4 Å². The van der Waals surface area contributed by atoms with Crippen LogP contribution in [0.3, 0.4) is 0 Å². The zero-order valence-electron chi connectivity index (χ0n) is 80.1. The minimum absolute atomic E-state index is 0. The van der Waals surface area contributed by atoms with Crippen LogP contribution in [0.4, 0.5) is 17.6 Å². The molecule has 11 rings (SSSR count). The van der Waals surface area contributed by atoms with Crippen molar-refractivity contribution in [1.29, 1.82) is 0 Å². The highest BCUT2D eigenvalue weighted by molar-refractivity contribution is 5.59. The van der Waals surface area contributed by atoms with E-state index in [9.17, 15) is 0 Å². The van der Waals surface area contributed by atoms with Crippen molar-refractivity contribution in [2.75, 3.05) is 44.2 Å². The molecular formula is C105H169N15O2. The molecule has 0 amide bonds. The number of nitrogens with two attached hydrogens (primary N) is 1. The van der Waals surface area contributed by atoms with Crippen LogP contribution in [0.25, 0.3) is 6.08 Å². The summed E-state index contributed by atoms with van der Waals surface area (Å²) < 4.78 is 10.3. The average molecular weight is 1670 g/mol. The van der Waals surface area contributed by atoms with E-state index in [-0.39, 0.29) is 78.4 Å². The molecule has 9 aromatic heterocycles. The number of methoxy groups -OCH3 is 2. The summed E-state index contributed by atoms with van der Waals surface area (Å²) in [4.78, 5) is 50.8. The Bertz CT molecular complexity index is 4310. The Kier molecular flexibility index (Phi) is 49.4. The van der Waals surface area contributed by atoms with E-state index in [2.05, 4.69) is 364 Å². The maximum Gasteiger partial charge on any atom is 0.222 e. The first-order valence-corrected chi connectivity index (χ1v) is 41.4. The van der Waals surface area contributed by atoms with E-state index in [0.717, 1.165) is 88.3 Å². The summed E-state index contributed by atoms with van der Waals surface area (Å²) in [7, 11) is 5.09. The molecular weight excluding hydrogens is 1500 g/mol. The Labute approximate surface area is 744 Å². The van der Waals surface area contributed by atoms with Crippen LogP contribution in [-0.4, -0.2) is 87.6 Å². The van der Waals surface area contributed by atoms with Gasteiger partial charge in [0.25, 0.3) is 0 Å². The summed E-state index contributed by atoms with van der Waals surface area (Å²) >= 11 is 0. The number of benzene rings is 1. The van der Waals surface area contributed by atoms with Gasteiger partial charge in [0.1, 0.15) is 11.6 Å². The molecule has 0 saturated carbocycles. The topological polar surface area (TPSA) is 223 Å². The first-order chi connectivity index (χ1) is 54.2. The third-order valence-corrected chi connectivity index (χ3v) is 18.3. The lowest BCUT2D eigenvalue weighted by atomic mass is 9.87. The van der Waals surface area contributed by atoms with E-state index in [4.69, 9.17) is 15.2 Å². The molecule has 0 atom stereocenters. The predicted octanol–water partition coefficient (Wildman–Crippen LogP) is 27.4. The highest BCUT2D eigenvalue weighted by Gasteiger charge is 2.23. The Hall–Kier alpha value is -9.90. The van der Waals surface area contributed by atoms with Crippen molar-refractivity contribution >= 4 is 23.7 Å². The van der Waals surface area contributed by atoms with Crippen molar-refractivity contribution < 1.29 is 9.47 Å². The molecule has 17 nitrogen and oxygen atoms in total. The molecule has 0 radical (unpaired) electrons. The number of ether oxygens (including phenoxy) is 2.